The second-order valence-electron chi connectivity index (χ2n) is 5.04. The maximum Gasteiger partial charge on any atom is 0.326 e. The Morgan fingerprint density at radius 1 is 1.50 bits per heavy atom. The van der Waals surface area contributed by atoms with Crippen LogP contribution in [0.4, 0.5) is 0 Å². The molecule has 2 rings (SSSR count). The fourth-order valence-corrected chi connectivity index (χ4v) is 4.43. The topological polar surface area (TPSA) is 66.4 Å². The minimum Gasteiger partial charge on any atom is -0.480 e. The molecule has 0 radical (unpaired) electrons. The van der Waals surface area contributed by atoms with Crippen molar-refractivity contribution in [2.75, 3.05) is 5.75 Å². The quantitative estimate of drug-likeness (QED) is 0.877. The van der Waals surface area contributed by atoms with Crippen LogP contribution in [0.25, 0.3) is 0 Å². The second kappa shape index (κ2) is 6.63. The van der Waals surface area contributed by atoms with Crippen LogP contribution in [0.2, 0.25) is 0 Å². The monoisotopic (exact) mass is 313 g/mol. The Morgan fingerprint density at radius 2 is 2.25 bits per heavy atom. The van der Waals surface area contributed by atoms with E-state index in [9.17, 15) is 14.7 Å². The van der Waals surface area contributed by atoms with Crippen molar-refractivity contribution in [3.05, 3.63) is 21.4 Å². The van der Waals surface area contributed by atoms with E-state index < -0.39 is 12.0 Å². The molecule has 4 nitrogen and oxygen atoms in total. The molecule has 1 aromatic heterocycles. The Labute approximate surface area is 127 Å². The molecule has 2 N–H and O–H groups in total. The molecule has 0 aromatic carbocycles. The lowest BCUT2D eigenvalue weighted by Crippen LogP contribution is -2.44. The van der Waals surface area contributed by atoms with Gasteiger partial charge in [0.2, 0.25) is 0 Å². The molecule has 1 aromatic rings. The molecule has 1 aliphatic rings. The number of hydrogen-bond donors (Lipinski definition) is 2. The van der Waals surface area contributed by atoms with E-state index in [4.69, 9.17) is 0 Å². The van der Waals surface area contributed by atoms with Crippen molar-refractivity contribution in [1.82, 2.24) is 5.32 Å². The summed E-state index contributed by atoms with van der Waals surface area (Å²) in [6, 6.07) is 1.10. The molecule has 0 bridgehead atoms. The van der Waals surface area contributed by atoms with Crippen LogP contribution in [-0.4, -0.2) is 28.8 Å². The number of rotatable bonds is 5. The normalized spacial score (nSPS) is 17.1. The van der Waals surface area contributed by atoms with Gasteiger partial charge in [-0.05, 0) is 29.7 Å². The predicted octanol–water partition coefficient (Wildman–Crippen LogP) is 2.77. The molecule has 0 spiro atoms. The number of carboxylic acids is 1. The van der Waals surface area contributed by atoms with E-state index in [0.717, 1.165) is 24.3 Å². The minimum absolute atomic E-state index is 0.0819. The minimum atomic E-state index is -0.968. The maximum absolute atomic E-state index is 12.2. The molecular weight excluding hydrogens is 294 g/mol. The second-order valence-corrected chi connectivity index (χ2v) is 7.28. The average Bonchev–Trinajstić information content (AvgIpc) is 2.87. The summed E-state index contributed by atoms with van der Waals surface area (Å²) in [6.45, 7) is 3.77. The molecular formula is C14H19NO3S2. The van der Waals surface area contributed by atoms with Crippen molar-refractivity contribution in [3.8, 4) is 0 Å². The lowest BCUT2D eigenvalue weighted by Gasteiger charge is -2.19. The Kier molecular flexibility index (Phi) is 5.10. The summed E-state index contributed by atoms with van der Waals surface area (Å²) in [5.74, 6) is 0.736. The fraction of sp³-hybridized carbons (Fsp3) is 0.571. The van der Waals surface area contributed by atoms with E-state index in [1.807, 2.05) is 31.7 Å². The van der Waals surface area contributed by atoms with Crippen LogP contribution in [0.15, 0.2) is 6.07 Å². The highest BCUT2D eigenvalue weighted by molar-refractivity contribution is 7.98. The number of aryl methyl sites for hydroxylation is 1. The molecule has 0 saturated carbocycles. The summed E-state index contributed by atoms with van der Waals surface area (Å²) < 4.78 is 0. The number of thiophene rings is 1. The molecule has 0 aliphatic carbocycles. The fourth-order valence-electron chi connectivity index (χ4n) is 2.15. The van der Waals surface area contributed by atoms with E-state index in [1.165, 1.54) is 21.8 Å². The van der Waals surface area contributed by atoms with Crippen molar-refractivity contribution >= 4 is 35.0 Å². The molecule has 0 saturated heterocycles. The first-order chi connectivity index (χ1) is 9.52. The van der Waals surface area contributed by atoms with Gasteiger partial charge >= 0.3 is 5.97 Å². The van der Waals surface area contributed by atoms with E-state index in [0.29, 0.717) is 4.88 Å². The third kappa shape index (κ3) is 3.35. The van der Waals surface area contributed by atoms with Gasteiger partial charge in [-0.25, -0.2) is 4.79 Å². The van der Waals surface area contributed by atoms with Crippen molar-refractivity contribution in [1.29, 1.82) is 0 Å². The number of carboxylic acid groups (broad SMARTS) is 1. The number of aliphatic carboxylic acids is 1. The van der Waals surface area contributed by atoms with Crippen LogP contribution in [0.3, 0.4) is 0 Å². The lowest BCUT2D eigenvalue weighted by molar-refractivity contribution is -0.140. The zero-order chi connectivity index (χ0) is 14.7. The summed E-state index contributed by atoms with van der Waals surface area (Å²) in [7, 11) is 0. The van der Waals surface area contributed by atoms with Gasteiger partial charge in [-0.3, -0.25) is 4.79 Å². The third-order valence-corrected chi connectivity index (χ3v) is 5.86. The van der Waals surface area contributed by atoms with Crippen molar-refractivity contribution in [3.63, 3.8) is 0 Å². The molecule has 110 valence electrons. The summed E-state index contributed by atoms with van der Waals surface area (Å²) in [4.78, 5) is 25.4. The Bertz CT molecular complexity index is 489. The molecule has 2 atom stereocenters. The number of amides is 1. The van der Waals surface area contributed by atoms with Crippen LogP contribution in [0.1, 0.15) is 40.4 Å². The lowest BCUT2D eigenvalue weighted by atomic mass is 9.99. The number of nitrogens with one attached hydrogen (secondary N) is 1. The smallest absolute Gasteiger partial charge is 0.326 e. The zero-order valence-electron chi connectivity index (χ0n) is 11.6. The molecule has 2 heterocycles. The molecule has 0 unspecified atom stereocenters. The number of hydrogen-bond acceptors (Lipinski definition) is 4. The third-order valence-electron chi connectivity index (χ3n) is 3.62. The van der Waals surface area contributed by atoms with Gasteiger partial charge < -0.3 is 10.4 Å². The van der Waals surface area contributed by atoms with Gasteiger partial charge in [0.25, 0.3) is 5.91 Å². The molecule has 1 aliphatic heterocycles. The van der Waals surface area contributed by atoms with Crippen LogP contribution < -0.4 is 5.32 Å². The molecule has 0 fully saturated rings. The predicted molar refractivity (Wildman–Crippen MR) is 82.5 cm³/mol. The number of thioether (sulfide) groups is 1. The highest BCUT2D eigenvalue weighted by Crippen LogP contribution is 2.31. The molecule has 20 heavy (non-hydrogen) atoms. The van der Waals surface area contributed by atoms with Crippen molar-refractivity contribution in [2.24, 2.45) is 5.92 Å². The van der Waals surface area contributed by atoms with Gasteiger partial charge in [-0.2, -0.15) is 11.8 Å². The molecule has 6 heteroatoms. The first-order valence-corrected chi connectivity index (χ1v) is 8.73. The standard InChI is InChI=1S/C14H19NO3S2/c1-3-8(2)12(14(17)18)15-13(16)11-6-9-7-19-5-4-10(9)20-11/h6,8,12H,3-5,7H2,1-2H3,(H,15,16)(H,17,18)/t8-,12-/m0/s1. The van der Waals surface area contributed by atoms with Gasteiger partial charge in [-0.15, -0.1) is 11.3 Å². The largest absolute Gasteiger partial charge is 0.480 e. The summed E-state index contributed by atoms with van der Waals surface area (Å²) >= 11 is 3.37. The van der Waals surface area contributed by atoms with Gasteiger partial charge in [0.05, 0.1) is 4.88 Å². The van der Waals surface area contributed by atoms with Gasteiger partial charge in [0.1, 0.15) is 6.04 Å². The van der Waals surface area contributed by atoms with Crippen LogP contribution >= 0.6 is 23.1 Å². The first-order valence-electron chi connectivity index (χ1n) is 6.76. The Balaban J connectivity index is 2.10. The van der Waals surface area contributed by atoms with E-state index in [1.54, 1.807) is 0 Å². The molecule has 1 amide bonds. The van der Waals surface area contributed by atoms with E-state index in [-0.39, 0.29) is 11.8 Å². The van der Waals surface area contributed by atoms with Crippen LogP contribution in [0, 0.1) is 5.92 Å². The first kappa shape index (κ1) is 15.4. The summed E-state index contributed by atoms with van der Waals surface area (Å²) in [5.41, 5.74) is 1.23. The van der Waals surface area contributed by atoms with Gasteiger partial charge in [0.15, 0.2) is 0 Å². The highest BCUT2D eigenvalue weighted by Gasteiger charge is 2.27. The van der Waals surface area contributed by atoms with E-state index >= 15 is 0 Å². The SMILES string of the molecule is CC[C@H](C)[C@H](NC(=O)c1cc2c(s1)CCSC2)C(=O)O. The van der Waals surface area contributed by atoms with Crippen molar-refractivity contribution in [2.45, 2.75) is 38.5 Å². The van der Waals surface area contributed by atoms with Crippen LogP contribution in [-0.2, 0) is 17.0 Å². The summed E-state index contributed by atoms with van der Waals surface area (Å²) in [5, 5.41) is 11.9. The van der Waals surface area contributed by atoms with Crippen LogP contribution in [0.5, 0.6) is 0 Å². The van der Waals surface area contributed by atoms with E-state index in [2.05, 4.69) is 5.32 Å². The zero-order valence-corrected chi connectivity index (χ0v) is 13.3. The Morgan fingerprint density at radius 3 is 2.85 bits per heavy atom. The average molecular weight is 313 g/mol. The van der Waals surface area contributed by atoms with Gasteiger partial charge in [0, 0.05) is 10.6 Å². The van der Waals surface area contributed by atoms with Crippen molar-refractivity contribution < 1.29 is 14.7 Å². The highest BCUT2D eigenvalue weighted by atomic mass is 32.2. The number of carbonyl (C=O) groups is 2. The number of carbonyl (C=O) groups excluding carboxylic acids is 1. The Hall–Kier alpha value is -1.01. The van der Waals surface area contributed by atoms with Gasteiger partial charge in [-0.1, -0.05) is 20.3 Å². The summed E-state index contributed by atoms with van der Waals surface area (Å²) in [6.07, 6.45) is 1.72. The number of fused-ring (bicyclic) bond motifs is 1. The maximum atomic E-state index is 12.2.